The Kier molecular flexibility index (Phi) is 7.32. The predicted molar refractivity (Wildman–Crippen MR) is 113 cm³/mol. The molecule has 0 unspecified atom stereocenters. The maximum Gasteiger partial charge on any atom is 0.258 e. The van der Waals surface area contributed by atoms with Crippen LogP contribution in [0.5, 0.6) is 0 Å². The van der Waals surface area contributed by atoms with Crippen LogP contribution in [-0.4, -0.2) is 34.8 Å². The maximum atomic E-state index is 14.7. The van der Waals surface area contributed by atoms with Crippen LogP contribution in [-0.2, 0) is 0 Å². The Morgan fingerprint density at radius 3 is 2.77 bits per heavy atom. The molecule has 1 amide bonds. The Hall–Kier alpha value is -2.60. The molecule has 30 heavy (non-hydrogen) atoms. The number of halogens is 4. The van der Waals surface area contributed by atoms with E-state index in [0.717, 1.165) is 29.7 Å². The van der Waals surface area contributed by atoms with Crippen molar-refractivity contribution in [2.75, 3.05) is 34.3 Å². The van der Waals surface area contributed by atoms with Crippen LogP contribution in [0.25, 0.3) is 10.2 Å². The number of nitrogens with one attached hydrogen (secondary N) is 3. The van der Waals surface area contributed by atoms with Crippen LogP contribution in [0.15, 0.2) is 17.8 Å². The summed E-state index contributed by atoms with van der Waals surface area (Å²) in [6.07, 6.45) is 1.98. The summed E-state index contributed by atoms with van der Waals surface area (Å²) in [7, 11) is 0. The summed E-state index contributed by atoms with van der Waals surface area (Å²) in [6, 6.07) is 0.693. The molecule has 3 aromatic rings. The minimum absolute atomic E-state index is 0.0249. The van der Waals surface area contributed by atoms with E-state index in [1.165, 1.54) is 11.7 Å². The molecule has 2 aromatic heterocycles. The average Bonchev–Trinajstić information content (AvgIpc) is 3.18. The van der Waals surface area contributed by atoms with Gasteiger partial charge in [-0.25, -0.2) is 27.5 Å². The number of benzene rings is 1. The number of rotatable bonds is 9. The molecule has 0 atom stereocenters. The van der Waals surface area contributed by atoms with Crippen molar-refractivity contribution in [1.82, 2.24) is 9.97 Å². The van der Waals surface area contributed by atoms with E-state index in [9.17, 15) is 22.4 Å². The number of nitrogens with zero attached hydrogens (tertiary/aromatic N) is 2. The van der Waals surface area contributed by atoms with Crippen LogP contribution in [0.4, 0.5) is 34.8 Å². The van der Waals surface area contributed by atoms with E-state index in [0.29, 0.717) is 22.3 Å². The second-order valence-electron chi connectivity index (χ2n) is 5.98. The molecule has 0 bridgehead atoms. The highest BCUT2D eigenvalue weighted by atomic mass is 32.2. The molecule has 0 saturated heterocycles. The number of hydrogen-bond donors (Lipinski definition) is 3. The third-order valence-corrected chi connectivity index (χ3v) is 5.82. The van der Waals surface area contributed by atoms with Gasteiger partial charge in [-0.3, -0.25) is 4.79 Å². The first-order valence-corrected chi connectivity index (χ1v) is 10.7. The summed E-state index contributed by atoms with van der Waals surface area (Å²) < 4.78 is 58.4. The van der Waals surface area contributed by atoms with Crippen molar-refractivity contribution in [3.8, 4) is 0 Å². The average molecular weight is 459 g/mol. The zero-order valence-corrected chi connectivity index (χ0v) is 17.3. The topological polar surface area (TPSA) is 78.9 Å². The third-order valence-electron chi connectivity index (χ3n) is 3.87. The summed E-state index contributed by atoms with van der Waals surface area (Å²) in [4.78, 5) is 20.7. The van der Waals surface area contributed by atoms with Gasteiger partial charge in [0.25, 0.3) is 5.91 Å². The summed E-state index contributed by atoms with van der Waals surface area (Å²) in [6.45, 7) is 1.32. The van der Waals surface area contributed by atoms with E-state index in [2.05, 4.69) is 25.3 Å². The molecule has 0 radical (unpaired) electrons. The molecular formula is C18H17F4N5OS2. The van der Waals surface area contributed by atoms with Crippen LogP contribution in [0.3, 0.4) is 0 Å². The second kappa shape index (κ2) is 9.94. The third kappa shape index (κ3) is 4.59. The van der Waals surface area contributed by atoms with Crippen molar-refractivity contribution < 1.29 is 22.4 Å². The summed E-state index contributed by atoms with van der Waals surface area (Å²) in [5.74, 6) is -3.84. The first kappa shape index (κ1) is 22.1. The van der Waals surface area contributed by atoms with Crippen molar-refractivity contribution >= 4 is 56.6 Å². The lowest BCUT2D eigenvalue weighted by Gasteiger charge is -2.12. The number of amides is 1. The summed E-state index contributed by atoms with van der Waals surface area (Å²) >= 11 is 2.24. The lowest BCUT2D eigenvalue weighted by atomic mass is 10.2. The summed E-state index contributed by atoms with van der Waals surface area (Å²) in [5, 5.41) is 6.30. The molecule has 12 heteroatoms. The molecule has 2 heterocycles. The molecule has 1 aromatic carbocycles. The molecule has 160 valence electrons. The smallest absolute Gasteiger partial charge is 0.258 e. The van der Waals surface area contributed by atoms with Gasteiger partial charge >= 0.3 is 0 Å². The Morgan fingerprint density at radius 1 is 1.23 bits per heavy atom. The Labute approximate surface area is 177 Å². The normalized spacial score (nSPS) is 11.0. The lowest BCUT2D eigenvalue weighted by Crippen LogP contribution is -2.16. The number of carbonyl (C=O) groups is 1. The van der Waals surface area contributed by atoms with Gasteiger partial charge in [-0.2, -0.15) is 0 Å². The van der Waals surface area contributed by atoms with Crippen LogP contribution in [0.2, 0.25) is 0 Å². The molecule has 0 aliphatic heterocycles. The van der Waals surface area contributed by atoms with E-state index in [4.69, 9.17) is 0 Å². The molecule has 0 fully saturated rings. The van der Waals surface area contributed by atoms with Gasteiger partial charge < -0.3 is 15.4 Å². The fraction of sp³-hybridized carbons (Fsp3) is 0.278. The van der Waals surface area contributed by atoms with Crippen LogP contribution in [0, 0.1) is 17.5 Å². The predicted octanol–water partition coefficient (Wildman–Crippen LogP) is 5.21. The number of alkyl halides is 1. The van der Waals surface area contributed by atoms with E-state index in [-0.39, 0.29) is 23.3 Å². The van der Waals surface area contributed by atoms with Gasteiger partial charge in [-0.05, 0) is 6.42 Å². The zero-order chi connectivity index (χ0) is 21.7. The van der Waals surface area contributed by atoms with Gasteiger partial charge in [-0.1, -0.05) is 18.9 Å². The second-order valence-corrected chi connectivity index (χ2v) is 7.76. The highest BCUT2D eigenvalue weighted by molar-refractivity contribution is 8.00. The first-order valence-electron chi connectivity index (χ1n) is 8.86. The van der Waals surface area contributed by atoms with Crippen molar-refractivity contribution in [2.24, 2.45) is 0 Å². The van der Waals surface area contributed by atoms with Gasteiger partial charge in [0.15, 0.2) is 17.5 Å². The molecule has 0 aliphatic rings. The fourth-order valence-electron chi connectivity index (χ4n) is 2.50. The number of aromatic nitrogens is 2. The summed E-state index contributed by atoms with van der Waals surface area (Å²) in [5.41, 5.74) is -0.928. The number of carbonyl (C=O) groups excluding carboxylic acids is 1. The van der Waals surface area contributed by atoms with Gasteiger partial charge in [0.1, 0.15) is 24.5 Å². The molecule has 0 aliphatic carbocycles. The Bertz CT molecular complexity index is 1060. The van der Waals surface area contributed by atoms with Crippen molar-refractivity contribution in [3.05, 3.63) is 40.8 Å². The van der Waals surface area contributed by atoms with E-state index in [1.54, 1.807) is 0 Å². The fourth-order valence-corrected chi connectivity index (χ4v) is 4.08. The number of thiophene rings is 1. The molecule has 0 saturated carbocycles. The van der Waals surface area contributed by atoms with E-state index < -0.39 is 35.7 Å². The van der Waals surface area contributed by atoms with Crippen molar-refractivity contribution in [2.45, 2.75) is 13.3 Å². The minimum atomic E-state index is -1.51. The Balaban J connectivity index is 1.91. The first-order chi connectivity index (χ1) is 14.5. The van der Waals surface area contributed by atoms with Crippen LogP contribution >= 0.6 is 23.3 Å². The number of fused-ring (bicyclic) bond motifs is 1. The van der Waals surface area contributed by atoms with Crippen LogP contribution in [0.1, 0.15) is 23.7 Å². The van der Waals surface area contributed by atoms with Gasteiger partial charge in [-0.15, -0.1) is 11.3 Å². The lowest BCUT2D eigenvalue weighted by molar-refractivity contribution is 0.102. The molecule has 6 nitrogen and oxygen atoms in total. The molecule has 3 N–H and O–H groups in total. The highest BCUT2D eigenvalue weighted by Crippen LogP contribution is 2.33. The van der Waals surface area contributed by atoms with Gasteiger partial charge in [0.05, 0.1) is 21.5 Å². The van der Waals surface area contributed by atoms with E-state index >= 15 is 0 Å². The largest absolute Gasteiger partial charge is 0.366 e. The zero-order valence-electron chi connectivity index (χ0n) is 15.7. The number of anilines is 3. The standard InChI is InChI=1S/C18H17F4N5OS2/c1-2-5-30-27-11-6-10(20)12(21)15(13(11)22)26-18(28)9-7-29-16-14(9)24-8-25-17(16)23-4-3-19/h6-8,27H,2-5H2,1H3,(H,26,28)(H,23,24,25). The monoisotopic (exact) mass is 459 g/mol. The van der Waals surface area contributed by atoms with Crippen molar-refractivity contribution in [3.63, 3.8) is 0 Å². The van der Waals surface area contributed by atoms with Gasteiger partial charge in [0, 0.05) is 23.7 Å². The van der Waals surface area contributed by atoms with Crippen molar-refractivity contribution in [1.29, 1.82) is 0 Å². The molecular weight excluding hydrogens is 442 g/mol. The SMILES string of the molecule is CCCSNc1cc(F)c(F)c(NC(=O)c2csc3c(NCCF)ncnc23)c1F. The Morgan fingerprint density at radius 2 is 2.03 bits per heavy atom. The number of hydrogen-bond acceptors (Lipinski definition) is 7. The minimum Gasteiger partial charge on any atom is -0.366 e. The van der Waals surface area contributed by atoms with E-state index in [1.807, 2.05) is 6.92 Å². The highest BCUT2D eigenvalue weighted by Gasteiger charge is 2.23. The van der Waals surface area contributed by atoms with Gasteiger partial charge in [0.2, 0.25) is 0 Å². The van der Waals surface area contributed by atoms with Crippen LogP contribution < -0.4 is 15.4 Å². The quantitative estimate of drug-likeness (QED) is 0.176. The maximum absolute atomic E-state index is 14.7. The molecule has 0 spiro atoms. The molecule has 3 rings (SSSR count).